The summed E-state index contributed by atoms with van der Waals surface area (Å²) in [6.07, 6.45) is 0. The van der Waals surface area contributed by atoms with Crippen molar-refractivity contribution in [3.63, 3.8) is 0 Å². The van der Waals surface area contributed by atoms with E-state index in [1.165, 1.54) is 0 Å². The first-order valence-electron chi connectivity index (χ1n) is 1.53. The van der Waals surface area contributed by atoms with E-state index in [9.17, 15) is 7.35 Å². The summed E-state index contributed by atoms with van der Waals surface area (Å²) in [4.78, 5) is 0. The molecule has 74 valence electrons. The van der Waals surface area contributed by atoms with E-state index >= 15 is 0 Å². The van der Waals surface area contributed by atoms with Gasteiger partial charge in [-0.25, -0.2) is 0 Å². The van der Waals surface area contributed by atoms with Crippen molar-refractivity contribution in [2.45, 2.75) is 0 Å². The van der Waals surface area contributed by atoms with Crippen LogP contribution in [0.15, 0.2) is 0 Å². The molecule has 0 atom stereocenters. The fraction of sp³-hybridized carbons (Fsp3) is 0. The summed E-state index contributed by atoms with van der Waals surface area (Å²) in [5.74, 6) is 0. The Hall–Kier alpha value is 1.58. The van der Waals surface area contributed by atoms with Crippen LogP contribution in [0.25, 0.3) is 0 Å². The summed E-state index contributed by atoms with van der Waals surface area (Å²) < 4.78 is 53.8. The van der Waals surface area contributed by atoms with Gasteiger partial charge in [-0.2, -0.15) is 0 Å². The first kappa shape index (κ1) is 18.4. The second kappa shape index (κ2) is 6.10. The average Bonchev–Trinajstić information content (AvgIpc) is 1.14. The van der Waals surface area contributed by atoms with Crippen LogP contribution in [0.4, 0.5) is 0 Å². The monoisotopic (exact) mass is 336 g/mol. The second-order valence-electron chi connectivity index (χ2n) is 1.06. The van der Waals surface area contributed by atoms with Crippen molar-refractivity contribution in [3.8, 4) is 0 Å². The maximum absolute atomic E-state index is 9.70. The van der Waals surface area contributed by atoms with Crippen molar-refractivity contribution in [3.05, 3.63) is 0 Å². The Morgan fingerprint density at radius 2 is 1.00 bits per heavy atom. The van der Waals surface area contributed by atoms with Crippen LogP contribution in [0.1, 0.15) is 0 Å². The Morgan fingerprint density at radius 1 is 0.818 bits per heavy atom. The maximum atomic E-state index is 9.70. The molecular formula is H4Co2O7V2. The van der Waals surface area contributed by atoms with E-state index in [4.69, 9.17) is 16.1 Å². The molecule has 0 fully saturated rings. The van der Waals surface area contributed by atoms with Crippen LogP contribution in [0, 0.1) is 0 Å². The molecule has 0 saturated carbocycles. The minimum absolute atomic E-state index is 0. The average molecular weight is 336 g/mol. The summed E-state index contributed by atoms with van der Waals surface area (Å²) in [7, 11) is 0. The first-order chi connectivity index (χ1) is 3.71. The van der Waals surface area contributed by atoms with E-state index in [1.807, 2.05) is 0 Å². The van der Waals surface area contributed by atoms with Gasteiger partial charge in [-0.05, 0) is 0 Å². The van der Waals surface area contributed by atoms with Gasteiger partial charge in [0.05, 0.1) is 0 Å². The minimum atomic E-state index is -5.58. The zero-order valence-corrected chi connectivity index (χ0v) is 9.45. The van der Waals surface area contributed by atoms with Crippen molar-refractivity contribution >= 4 is 0 Å². The Labute approximate surface area is 89.1 Å². The molecule has 0 unspecified atom stereocenters. The molecular weight excluding hydrogens is 332 g/mol. The molecule has 0 bridgehead atoms. The molecule has 2 radical (unpaired) electrons. The summed E-state index contributed by atoms with van der Waals surface area (Å²) in [6, 6.07) is 0. The van der Waals surface area contributed by atoms with Gasteiger partial charge < -0.3 is 0 Å². The molecule has 11 heteroatoms. The summed E-state index contributed by atoms with van der Waals surface area (Å²) >= 11 is -11.2. The van der Waals surface area contributed by atoms with Crippen molar-refractivity contribution in [2.24, 2.45) is 0 Å². The molecule has 0 rings (SSSR count). The Morgan fingerprint density at radius 3 is 1.00 bits per heavy atom. The van der Waals surface area contributed by atoms with Crippen LogP contribution in [-0.2, 0) is 73.5 Å². The van der Waals surface area contributed by atoms with Gasteiger partial charge in [0, 0.05) is 33.6 Å². The molecule has 0 aromatic carbocycles. The van der Waals surface area contributed by atoms with Crippen LogP contribution >= 0.6 is 0 Å². The Bertz CT molecular complexity index is 155. The molecule has 0 aliphatic rings. The van der Waals surface area contributed by atoms with E-state index in [-0.39, 0.29) is 33.6 Å². The normalized spacial score (nSPS) is 11.3. The Kier molecular flexibility index (Phi) is 10.2. The van der Waals surface area contributed by atoms with Gasteiger partial charge in [-0.1, -0.05) is 0 Å². The van der Waals surface area contributed by atoms with Crippen LogP contribution in [-0.4, -0.2) is 16.1 Å². The van der Waals surface area contributed by atoms with Crippen LogP contribution in [0.5, 0.6) is 0 Å². The standard InChI is InChI=1S/2Co.4H2O.3O.2V/h;;4*1H2;;;;;/q;;;;;;;;;2*+2/p-4. The van der Waals surface area contributed by atoms with Crippen LogP contribution < -0.4 is 0 Å². The van der Waals surface area contributed by atoms with Crippen molar-refractivity contribution in [1.82, 2.24) is 0 Å². The van der Waals surface area contributed by atoms with Crippen LogP contribution in [0.2, 0.25) is 0 Å². The second-order valence-corrected chi connectivity index (χ2v) is 5.43. The third-order valence-corrected chi connectivity index (χ3v) is 3.62. The summed E-state index contributed by atoms with van der Waals surface area (Å²) in [6.45, 7) is 0. The van der Waals surface area contributed by atoms with E-state index in [0.29, 0.717) is 0 Å². The summed E-state index contributed by atoms with van der Waals surface area (Å²) in [5.41, 5.74) is 0. The quantitative estimate of drug-likeness (QED) is 0.438. The molecule has 0 aliphatic carbocycles. The number of rotatable bonds is 2. The van der Waals surface area contributed by atoms with Crippen molar-refractivity contribution in [2.75, 3.05) is 0 Å². The molecule has 4 N–H and O–H groups in total. The molecule has 11 heavy (non-hydrogen) atoms. The predicted molar refractivity (Wildman–Crippen MR) is 11.3 cm³/mol. The zero-order chi connectivity index (χ0) is 7.71. The first-order valence-corrected chi connectivity index (χ1v) is 6.31. The van der Waals surface area contributed by atoms with Crippen molar-refractivity contribution in [1.29, 1.82) is 0 Å². The third-order valence-electron chi connectivity index (χ3n) is 0.213. The van der Waals surface area contributed by atoms with Crippen molar-refractivity contribution < 1.29 is 89.7 Å². The number of hydrogen-bond acceptors (Lipinski definition) is 3. The summed E-state index contributed by atoms with van der Waals surface area (Å²) in [5, 5.41) is 0. The van der Waals surface area contributed by atoms with Gasteiger partial charge in [-0.15, -0.1) is 0 Å². The third kappa shape index (κ3) is 18.5. The van der Waals surface area contributed by atoms with E-state index in [1.54, 1.807) is 0 Å². The molecule has 0 aliphatic heterocycles. The molecule has 0 aromatic rings. The van der Waals surface area contributed by atoms with Gasteiger partial charge in [0.25, 0.3) is 0 Å². The van der Waals surface area contributed by atoms with Gasteiger partial charge >= 0.3 is 56.1 Å². The van der Waals surface area contributed by atoms with Gasteiger partial charge in [0.2, 0.25) is 0 Å². The molecule has 0 saturated heterocycles. The molecule has 0 spiro atoms. The van der Waals surface area contributed by atoms with E-state index in [2.05, 4.69) is 2.59 Å². The van der Waals surface area contributed by atoms with Crippen LogP contribution in [0.3, 0.4) is 0 Å². The van der Waals surface area contributed by atoms with Gasteiger partial charge in [-0.3, -0.25) is 0 Å². The molecule has 7 nitrogen and oxygen atoms in total. The molecule has 0 heterocycles. The number of hydrogen-bond donors (Lipinski definition) is 4. The van der Waals surface area contributed by atoms with Gasteiger partial charge in [0.15, 0.2) is 0 Å². The molecule has 0 aromatic heterocycles. The fourth-order valence-corrected chi connectivity index (χ4v) is 2.36. The molecule has 0 amide bonds. The fourth-order valence-electron chi connectivity index (χ4n) is 0.139. The zero-order valence-electron chi connectivity index (χ0n) is 4.57. The van der Waals surface area contributed by atoms with E-state index < -0.39 is 30.0 Å². The Balaban J connectivity index is -0.000000320. The SMILES string of the molecule is [Co].[Co].[O]=[V]([OH])([OH])[O][V](=[O])([OH])[OH]. The topological polar surface area (TPSA) is 124 Å². The predicted octanol–water partition coefficient (Wildman–Crippen LogP) is -2.54. The van der Waals surface area contributed by atoms with E-state index in [0.717, 1.165) is 0 Å². The van der Waals surface area contributed by atoms with Gasteiger partial charge in [0.1, 0.15) is 0 Å².